The molecule has 20 heavy (non-hydrogen) atoms. The van der Waals surface area contributed by atoms with E-state index in [0.29, 0.717) is 29.6 Å². The molecule has 0 amide bonds. The molecule has 1 aromatic heterocycles. The molecule has 0 bridgehead atoms. The van der Waals surface area contributed by atoms with Crippen LogP contribution in [0.2, 0.25) is 0 Å². The Bertz CT molecular complexity index is 738. The minimum Gasteiger partial charge on any atom is -0.399 e. The van der Waals surface area contributed by atoms with Gasteiger partial charge in [-0.2, -0.15) is 4.31 Å². The number of H-pyrrole nitrogens is 1. The van der Waals surface area contributed by atoms with Gasteiger partial charge in [0.2, 0.25) is 10.0 Å². The van der Waals surface area contributed by atoms with Gasteiger partial charge in [0, 0.05) is 35.4 Å². The van der Waals surface area contributed by atoms with E-state index in [1.54, 1.807) is 18.2 Å². The van der Waals surface area contributed by atoms with E-state index in [1.807, 2.05) is 0 Å². The second kappa shape index (κ2) is 4.76. The Morgan fingerprint density at radius 2 is 2.25 bits per heavy atom. The van der Waals surface area contributed by atoms with Gasteiger partial charge in [-0.3, -0.25) is 0 Å². The van der Waals surface area contributed by atoms with Gasteiger partial charge in [-0.1, -0.05) is 0 Å². The van der Waals surface area contributed by atoms with Crippen LogP contribution in [0.3, 0.4) is 0 Å². The number of sulfonamides is 1. The molecule has 4 N–H and O–H groups in total. The summed E-state index contributed by atoms with van der Waals surface area (Å²) >= 11 is 0. The highest BCUT2D eigenvalue weighted by Crippen LogP contribution is 2.31. The lowest BCUT2D eigenvalue weighted by Gasteiger charge is -2.21. The first-order valence-electron chi connectivity index (χ1n) is 6.53. The molecule has 7 heteroatoms. The van der Waals surface area contributed by atoms with Crippen molar-refractivity contribution in [3.63, 3.8) is 0 Å². The van der Waals surface area contributed by atoms with E-state index in [1.165, 1.54) is 10.5 Å². The van der Waals surface area contributed by atoms with E-state index in [-0.39, 0.29) is 17.5 Å². The minimum absolute atomic E-state index is 0.144. The number of fused-ring (bicyclic) bond motifs is 1. The summed E-state index contributed by atoms with van der Waals surface area (Å²) in [5, 5.41) is 9.94. The smallest absolute Gasteiger partial charge is 0.245 e. The quantitative estimate of drug-likeness (QED) is 0.732. The molecule has 0 radical (unpaired) electrons. The zero-order valence-electron chi connectivity index (χ0n) is 10.9. The largest absolute Gasteiger partial charge is 0.399 e. The number of nitrogens with zero attached hydrogens (tertiary/aromatic N) is 1. The maximum atomic E-state index is 12.7. The average Bonchev–Trinajstić information content (AvgIpc) is 3.04. The number of aromatic amines is 1. The molecular weight excluding hydrogens is 278 g/mol. The van der Waals surface area contributed by atoms with Gasteiger partial charge in [0.05, 0.1) is 6.61 Å². The van der Waals surface area contributed by atoms with Crippen molar-refractivity contribution in [1.82, 2.24) is 9.29 Å². The Kier molecular flexibility index (Phi) is 3.19. The Labute approximate surface area is 117 Å². The maximum absolute atomic E-state index is 12.7. The van der Waals surface area contributed by atoms with Gasteiger partial charge in [-0.25, -0.2) is 8.42 Å². The number of rotatable bonds is 3. The zero-order chi connectivity index (χ0) is 14.3. The number of aromatic nitrogens is 1. The Morgan fingerprint density at radius 1 is 1.45 bits per heavy atom. The average molecular weight is 295 g/mol. The number of nitrogens with two attached hydrogens (primary N) is 1. The maximum Gasteiger partial charge on any atom is 0.245 e. The van der Waals surface area contributed by atoms with Gasteiger partial charge in [-0.05, 0) is 31.0 Å². The van der Waals surface area contributed by atoms with Crippen LogP contribution in [0.5, 0.6) is 0 Å². The highest BCUT2D eigenvalue weighted by atomic mass is 32.2. The van der Waals surface area contributed by atoms with Crippen molar-refractivity contribution in [3.8, 4) is 0 Å². The van der Waals surface area contributed by atoms with Crippen molar-refractivity contribution < 1.29 is 13.5 Å². The minimum atomic E-state index is -3.59. The number of benzene rings is 1. The van der Waals surface area contributed by atoms with Gasteiger partial charge in [-0.15, -0.1) is 0 Å². The second-order valence-electron chi connectivity index (χ2n) is 5.05. The highest BCUT2D eigenvalue weighted by molar-refractivity contribution is 7.89. The molecule has 0 spiro atoms. The topological polar surface area (TPSA) is 99.4 Å². The molecule has 1 saturated heterocycles. The van der Waals surface area contributed by atoms with Crippen LogP contribution >= 0.6 is 0 Å². The molecule has 108 valence electrons. The number of nitrogen functional groups attached to an aromatic ring is 1. The molecule has 6 nitrogen and oxygen atoms in total. The lowest BCUT2D eigenvalue weighted by Crippen LogP contribution is -2.37. The van der Waals surface area contributed by atoms with Crippen molar-refractivity contribution in [2.24, 2.45) is 0 Å². The summed E-state index contributed by atoms with van der Waals surface area (Å²) < 4.78 is 26.8. The van der Waals surface area contributed by atoms with Gasteiger partial charge < -0.3 is 15.8 Å². The van der Waals surface area contributed by atoms with Crippen molar-refractivity contribution in [3.05, 3.63) is 24.4 Å². The number of hydrogen-bond donors (Lipinski definition) is 3. The van der Waals surface area contributed by atoms with E-state index in [2.05, 4.69) is 4.98 Å². The van der Waals surface area contributed by atoms with Gasteiger partial charge >= 0.3 is 0 Å². The molecule has 1 aliphatic rings. The molecule has 0 saturated carbocycles. The van der Waals surface area contributed by atoms with E-state index in [4.69, 9.17) is 5.73 Å². The summed E-state index contributed by atoms with van der Waals surface area (Å²) in [7, 11) is -3.59. The fourth-order valence-corrected chi connectivity index (χ4v) is 4.62. The molecular formula is C13H17N3O3S. The summed E-state index contributed by atoms with van der Waals surface area (Å²) in [6.07, 6.45) is 2.97. The molecule has 0 unspecified atom stereocenters. The number of anilines is 1. The number of nitrogens with one attached hydrogen (secondary N) is 1. The number of hydrogen-bond acceptors (Lipinski definition) is 4. The summed E-state index contributed by atoms with van der Waals surface area (Å²) in [5.41, 5.74) is 6.97. The normalized spacial score (nSPS) is 20.8. The van der Waals surface area contributed by atoms with E-state index >= 15 is 0 Å². The lowest BCUT2D eigenvalue weighted by molar-refractivity contribution is 0.213. The van der Waals surface area contributed by atoms with E-state index in [0.717, 1.165) is 6.42 Å². The molecule has 1 aromatic carbocycles. The van der Waals surface area contributed by atoms with Gasteiger partial charge in [0.15, 0.2) is 0 Å². The Hall–Kier alpha value is -1.57. The molecule has 1 fully saturated rings. The third-order valence-corrected chi connectivity index (χ3v) is 5.78. The van der Waals surface area contributed by atoms with Crippen molar-refractivity contribution in [2.45, 2.75) is 23.8 Å². The first kappa shape index (κ1) is 13.4. The number of aliphatic hydroxyl groups excluding tert-OH is 1. The first-order valence-corrected chi connectivity index (χ1v) is 7.97. The Balaban J connectivity index is 2.10. The molecule has 2 aromatic rings. The van der Waals surface area contributed by atoms with Gasteiger partial charge in [0.25, 0.3) is 0 Å². The third-order valence-electron chi connectivity index (χ3n) is 3.79. The van der Waals surface area contributed by atoms with Crippen molar-refractivity contribution in [2.75, 3.05) is 18.9 Å². The van der Waals surface area contributed by atoms with Crippen LogP contribution in [-0.2, 0) is 10.0 Å². The lowest BCUT2D eigenvalue weighted by atomic mass is 10.2. The second-order valence-corrected chi connectivity index (χ2v) is 6.91. The van der Waals surface area contributed by atoms with E-state index < -0.39 is 10.0 Å². The van der Waals surface area contributed by atoms with Crippen LogP contribution in [0.4, 0.5) is 5.69 Å². The van der Waals surface area contributed by atoms with Crippen LogP contribution in [0.25, 0.3) is 10.9 Å². The molecule has 2 heterocycles. The van der Waals surface area contributed by atoms with Crippen molar-refractivity contribution >= 4 is 26.6 Å². The Morgan fingerprint density at radius 3 is 3.00 bits per heavy atom. The molecule has 3 rings (SSSR count). The van der Waals surface area contributed by atoms with Gasteiger partial charge in [0.1, 0.15) is 4.90 Å². The summed E-state index contributed by atoms with van der Waals surface area (Å²) in [5.74, 6) is 0. The fraction of sp³-hybridized carbons (Fsp3) is 0.385. The van der Waals surface area contributed by atoms with Crippen LogP contribution in [0.1, 0.15) is 12.8 Å². The SMILES string of the molecule is Nc1ccc2c(S(=O)(=O)N3CCC[C@@H]3CO)c[nH]c2c1. The molecule has 0 aliphatic carbocycles. The molecule has 1 aliphatic heterocycles. The first-order chi connectivity index (χ1) is 9.54. The monoisotopic (exact) mass is 295 g/mol. The standard InChI is InChI=1S/C13H17N3O3S/c14-9-3-4-11-12(6-9)15-7-13(11)20(18,19)16-5-1-2-10(16)8-17/h3-4,6-7,10,15,17H,1-2,5,8,14H2/t10-/m1/s1. The molecule has 1 atom stereocenters. The summed E-state index contributed by atoms with van der Waals surface area (Å²) in [6, 6.07) is 4.78. The highest BCUT2D eigenvalue weighted by Gasteiger charge is 2.36. The van der Waals surface area contributed by atoms with Crippen LogP contribution in [0, 0.1) is 0 Å². The summed E-state index contributed by atoms with van der Waals surface area (Å²) in [6.45, 7) is 0.309. The zero-order valence-corrected chi connectivity index (χ0v) is 11.7. The predicted molar refractivity (Wildman–Crippen MR) is 76.7 cm³/mol. The summed E-state index contributed by atoms with van der Waals surface area (Å²) in [4.78, 5) is 3.19. The predicted octanol–water partition coefficient (Wildman–Crippen LogP) is 0.895. The van der Waals surface area contributed by atoms with Crippen LogP contribution in [0.15, 0.2) is 29.3 Å². The number of aliphatic hydroxyl groups is 1. The van der Waals surface area contributed by atoms with Crippen LogP contribution in [-0.4, -0.2) is 42.0 Å². The fourth-order valence-electron chi connectivity index (χ4n) is 2.77. The third kappa shape index (κ3) is 1.98. The van der Waals surface area contributed by atoms with Crippen LogP contribution < -0.4 is 5.73 Å². The van der Waals surface area contributed by atoms with E-state index in [9.17, 15) is 13.5 Å². The van der Waals surface area contributed by atoms with Crippen molar-refractivity contribution in [1.29, 1.82) is 0 Å².